The van der Waals surface area contributed by atoms with Gasteiger partial charge < -0.3 is 11.1 Å². The highest BCUT2D eigenvalue weighted by atomic mass is 16.1. The monoisotopic (exact) mass is 255 g/mol. The Morgan fingerprint density at radius 1 is 1.37 bits per heavy atom. The molecule has 0 spiro atoms. The molecule has 1 aromatic carbocycles. The van der Waals surface area contributed by atoms with E-state index in [2.05, 4.69) is 10.3 Å². The van der Waals surface area contributed by atoms with Crippen molar-refractivity contribution in [3.63, 3.8) is 0 Å². The molecule has 0 saturated carbocycles. The largest absolute Gasteiger partial charge is 0.349 e. The van der Waals surface area contributed by atoms with E-state index in [-0.39, 0.29) is 5.91 Å². The maximum absolute atomic E-state index is 12.2. The van der Waals surface area contributed by atoms with Crippen molar-refractivity contribution in [2.45, 2.75) is 6.92 Å². The fraction of sp³-hybridized carbons (Fsp3) is 0.200. The molecule has 19 heavy (non-hydrogen) atoms. The van der Waals surface area contributed by atoms with Crippen LogP contribution in [0.5, 0.6) is 0 Å². The van der Waals surface area contributed by atoms with Crippen LogP contribution in [0.15, 0.2) is 42.5 Å². The summed E-state index contributed by atoms with van der Waals surface area (Å²) in [6.45, 7) is 2.84. The van der Waals surface area contributed by atoms with E-state index in [0.717, 1.165) is 16.6 Å². The van der Waals surface area contributed by atoms with Gasteiger partial charge in [0.1, 0.15) is 0 Å². The summed E-state index contributed by atoms with van der Waals surface area (Å²) in [5.41, 5.74) is 7.67. The molecule has 4 nitrogen and oxygen atoms in total. The highest BCUT2D eigenvalue weighted by Crippen LogP contribution is 2.17. The number of nitrogens with one attached hydrogen (secondary N) is 1. The molecular formula is C15H17N3O. The molecule has 98 valence electrons. The number of benzene rings is 1. The molecule has 1 amide bonds. The lowest BCUT2D eigenvalue weighted by atomic mass is 10.1. The van der Waals surface area contributed by atoms with Crippen LogP contribution in [0.1, 0.15) is 16.1 Å². The number of carbonyl (C=O) groups excluding carboxylic acids is 1. The normalized spacial score (nSPS) is 11.1. The summed E-state index contributed by atoms with van der Waals surface area (Å²) in [5.74, 6) is -0.0941. The molecule has 3 N–H and O–H groups in total. The van der Waals surface area contributed by atoms with Gasteiger partial charge in [-0.25, -0.2) is 0 Å². The number of rotatable bonds is 4. The average molecular weight is 255 g/mol. The highest BCUT2D eigenvalue weighted by molar-refractivity contribution is 6.06. The third-order valence-corrected chi connectivity index (χ3v) is 2.77. The third-order valence-electron chi connectivity index (χ3n) is 2.77. The maximum atomic E-state index is 12.2. The number of hydrogen-bond acceptors (Lipinski definition) is 3. The van der Waals surface area contributed by atoms with E-state index in [1.54, 1.807) is 0 Å². The van der Waals surface area contributed by atoms with Gasteiger partial charge in [-0.15, -0.1) is 0 Å². The number of pyridine rings is 1. The Hall–Kier alpha value is -2.20. The Kier molecular flexibility index (Phi) is 4.26. The van der Waals surface area contributed by atoms with Crippen molar-refractivity contribution < 1.29 is 4.79 Å². The second-order valence-electron chi connectivity index (χ2n) is 4.25. The van der Waals surface area contributed by atoms with Crippen LogP contribution in [0.2, 0.25) is 0 Å². The van der Waals surface area contributed by atoms with Gasteiger partial charge in [0.15, 0.2) is 0 Å². The first-order valence-electron chi connectivity index (χ1n) is 6.22. The zero-order valence-electron chi connectivity index (χ0n) is 10.9. The second kappa shape index (κ2) is 6.11. The molecule has 0 fully saturated rings. The Morgan fingerprint density at radius 3 is 2.95 bits per heavy atom. The fourth-order valence-electron chi connectivity index (χ4n) is 1.92. The van der Waals surface area contributed by atoms with Gasteiger partial charge in [0, 0.05) is 24.2 Å². The number of aromatic nitrogens is 1. The topological polar surface area (TPSA) is 68.0 Å². The van der Waals surface area contributed by atoms with Gasteiger partial charge >= 0.3 is 0 Å². The number of hydrogen-bond donors (Lipinski definition) is 2. The molecule has 0 radical (unpaired) electrons. The van der Waals surface area contributed by atoms with Crippen molar-refractivity contribution in [2.24, 2.45) is 5.73 Å². The lowest BCUT2D eigenvalue weighted by Crippen LogP contribution is -2.24. The minimum absolute atomic E-state index is 0.0941. The van der Waals surface area contributed by atoms with Gasteiger partial charge in [-0.05, 0) is 19.1 Å². The van der Waals surface area contributed by atoms with Crippen LogP contribution in [0.25, 0.3) is 10.9 Å². The van der Waals surface area contributed by atoms with E-state index >= 15 is 0 Å². The molecule has 0 saturated heterocycles. The summed E-state index contributed by atoms with van der Waals surface area (Å²) in [4.78, 5) is 16.6. The van der Waals surface area contributed by atoms with E-state index in [0.29, 0.717) is 18.7 Å². The summed E-state index contributed by atoms with van der Waals surface area (Å²) < 4.78 is 0. The van der Waals surface area contributed by atoms with E-state index in [1.165, 1.54) is 0 Å². The standard InChI is InChI=1S/C15H17N3O/c1-11-10-13(15(19)17-9-5-4-8-16)12-6-2-3-7-14(12)18-11/h2-7,10H,8-9,16H2,1H3,(H,17,19)/b5-4+. The summed E-state index contributed by atoms with van der Waals surface area (Å²) >= 11 is 0. The lowest BCUT2D eigenvalue weighted by molar-refractivity contribution is 0.0959. The molecule has 0 aliphatic rings. The van der Waals surface area contributed by atoms with Crippen LogP contribution >= 0.6 is 0 Å². The zero-order valence-corrected chi connectivity index (χ0v) is 10.9. The van der Waals surface area contributed by atoms with Crippen LogP contribution in [0.4, 0.5) is 0 Å². The van der Waals surface area contributed by atoms with E-state index in [1.807, 2.05) is 49.4 Å². The summed E-state index contributed by atoms with van der Waals surface area (Å²) in [5, 5.41) is 3.71. The van der Waals surface area contributed by atoms with Gasteiger partial charge in [0.05, 0.1) is 11.1 Å². The van der Waals surface area contributed by atoms with Crippen molar-refractivity contribution in [1.29, 1.82) is 0 Å². The molecule has 0 aliphatic carbocycles. The van der Waals surface area contributed by atoms with E-state index < -0.39 is 0 Å². The molecule has 0 aliphatic heterocycles. The minimum atomic E-state index is -0.0941. The Balaban J connectivity index is 2.28. The number of nitrogens with zero attached hydrogens (tertiary/aromatic N) is 1. The molecule has 1 aromatic heterocycles. The summed E-state index contributed by atoms with van der Waals surface area (Å²) in [7, 11) is 0. The van der Waals surface area contributed by atoms with Crippen molar-refractivity contribution >= 4 is 16.8 Å². The molecule has 0 bridgehead atoms. The van der Waals surface area contributed by atoms with Crippen LogP contribution < -0.4 is 11.1 Å². The fourth-order valence-corrected chi connectivity index (χ4v) is 1.92. The number of fused-ring (bicyclic) bond motifs is 1. The first kappa shape index (κ1) is 13.2. The quantitative estimate of drug-likeness (QED) is 0.818. The minimum Gasteiger partial charge on any atom is -0.349 e. The van der Waals surface area contributed by atoms with E-state index in [9.17, 15) is 4.79 Å². The molecule has 0 atom stereocenters. The molecule has 0 unspecified atom stereocenters. The number of para-hydroxylation sites is 1. The van der Waals surface area contributed by atoms with Crippen LogP contribution in [0.3, 0.4) is 0 Å². The van der Waals surface area contributed by atoms with Crippen molar-refractivity contribution in [3.05, 3.63) is 53.7 Å². The van der Waals surface area contributed by atoms with Gasteiger partial charge in [-0.3, -0.25) is 9.78 Å². The Bertz CT molecular complexity index is 620. The molecule has 1 heterocycles. The average Bonchev–Trinajstić information content (AvgIpc) is 2.42. The third kappa shape index (κ3) is 3.17. The Labute approximate surface area is 112 Å². The number of nitrogens with two attached hydrogens (primary N) is 1. The molecule has 4 heteroatoms. The van der Waals surface area contributed by atoms with Crippen molar-refractivity contribution in [2.75, 3.05) is 13.1 Å². The van der Waals surface area contributed by atoms with Gasteiger partial charge in [0.25, 0.3) is 5.91 Å². The van der Waals surface area contributed by atoms with Crippen LogP contribution in [0, 0.1) is 6.92 Å². The van der Waals surface area contributed by atoms with Crippen molar-refractivity contribution in [3.8, 4) is 0 Å². The Morgan fingerprint density at radius 2 is 2.16 bits per heavy atom. The lowest BCUT2D eigenvalue weighted by Gasteiger charge is -2.07. The number of aryl methyl sites for hydroxylation is 1. The number of carbonyl (C=O) groups is 1. The molecule has 2 aromatic rings. The SMILES string of the molecule is Cc1cc(C(=O)NC/C=C/CN)c2ccccc2n1. The van der Waals surface area contributed by atoms with E-state index in [4.69, 9.17) is 5.73 Å². The zero-order chi connectivity index (χ0) is 13.7. The summed E-state index contributed by atoms with van der Waals surface area (Å²) in [6.07, 6.45) is 3.66. The predicted molar refractivity (Wildman–Crippen MR) is 77.0 cm³/mol. The smallest absolute Gasteiger partial charge is 0.252 e. The second-order valence-corrected chi connectivity index (χ2v) is 4.25. The molecular weight excluding hydrogens is 238 g/mol. The predicted octanol–water partition coefficient (Wildman–Crippen LogP) is 1.79. The highest BCUT2D eigenvalue weighted by Gasteiger charge is 2.10. The van der Waals surface area contributed by atoms with Gasteiger partial charge in [-0.2, -0.15) is 0 Å². The van der Waals surface area contributed by atoms with Crippen LogP contribution in [-0.2, 0) is 0 Å². The number of amides is 1. The first-order chi connectivity index (χ1) is 9.22. The molecule has 2 rings (SSSR count). The summed E-state index contributed by atoms with van der Waals surface area (Å²) in [6, 6.07) is 9.45. The van der Waals surface area contributed by atoms with Crippen molar-refractivity contribution in [1.82, 2.24) is 10.3 Å². The van der Waals surface area contributed by atoms with Gasteiger partial charge in [-0.1, -0.05) is 30.4 Å². The van der Waals surface area contributed by atoms with Gasteiger partial charge in [0.2, 0.25) is 0 Å². The maximum Gasteiger partial charge on any atom is 0.252 e. The first-order valence-corrected chi connectivity index (χ1v) is 6.22. The van der Waals surface area contributed by atoms with Crippen LogP contribution in [-0.4, -0.2) is 24.0 Å².